The summed E-state index contributed by atoms with van der Waals surface area (Å²) in [5, 5.41) is 21.2. The molecule has 0 fully saturated rings. The molecule has 11 heteroatoms. The Morgan fingerprint density at radius 3 is 1.84 bits per heavy atom. The second-order valence-electron chi connectivity index (χ2n) is 10.0. The molecule has 1 heterocycles. The van der Waals surface area contributed by atoms with E-state index in [1.54, 1.807) is 24.3 Å². The third-order valence-corrected chi connectivity index (χ3v) is 9.51. The topological polar surface area (TPSA) is 111 Å². The van der Waals surface area contributed by atoms with Gasteiger partial charge in [-0.25, -0.2) is 22.4 Å². The highest BCUT2D eigenvalue weighted by atomic mass is 32.2. The van der Waals surface area contributed by atoms with Gasteiger partial charge in [0.25, 0.3) is 0 Å². The van der Waals surface area contributed by atoms with Crippen LogP contribution in [0, 0.1) is 0 Å². The standard InChI is InChI=1S/C33H27N3O6S2/c1-36(2)44(38,39)26-16-12-23(13-17-26)35-25-15-19-28-31(21-25)40-30-20-24(34-22-8-4-3-5-9-22)14-18-27(30)33(28)29-10-6-7-11-32(29)43-42-41-37/h3-21,34-35H,1-2H3/p+1. The maximum absolute atomic E-state index is 12.5. The van der Waals surface area contributed by atoms with Crippen LogP contribution in [0.2, 0.25) is 0 Å². The summed E-state index contributed by atoms with van der Waals surface area (Å²) >= 11 is 0.900. The maximum Gasteiger partial charge on any atom is 0.363 e. The van der Waals surface area contributed by atoms with Crippen LogP contribution in [0.1, 0.15) is 0 Å². The number of rotatable bonds is 10. The molecule has 0 radical (unpaired) electrons. The summed E-state index contributed by atoms with van der Waals surface area (Å²) in [6.07, 6.45) is 0. The molecule has 0 aliphatic carbocycles. The predicted molar refractivity (Wildman–Crippen MR) is 175 cm³/mol. The zero-order valence-electron chi connectivity index (χ0n) is 23.7. The van der Waals surface area contributed by atoms with Crippen molar-refractivity contribution < 1.29 is 27.5 Å². The summed E-state index contributed by atoms with van der Waals surface area (Å²) in [6, 6.07) is 35.9. The van der Waals surface area contributed by atoms with Gasteiger partial charge in [0.1, 0.15) is 0 Å². The highest BCUT2D eigenvalue weighted by Gasteiger charge is 2.24. The van der Waals surface area contributed by atoms with E-state index >= 15 is 0 Å². The molecule has 0 atom stereocenters. The number of fused-ring (bicyclic) bond motifs is 2. The van der Waals surface area contributed by atoms with Gasteiger partial charge in [0.2, 0.25) is 10.0 Å². The highest BCUT2D eigenvalue weighted by molar-refractivity contribution is 7.94. The van der Waals surface area contributed by atoms with E-state index in [2.05, 4.69) is 15.7 Å². The molecule has 5 aromatic carbocycles. The third kappa shape index (κ3) is 6.10. The Morgan fingerprint density at radius 2 is 1.25 bits per heavy atom. The van der Waals surface area contributed by atoms with E-state index < -0.39 is 10.0 Å². The van der Waals surface area contributed by atoms with Crippen molar-refractivity contribution in [2.75, 3.05) is 24.7 Å². The third-order valence-electron chi connectivity index (χ3n) is 7.02. The van der Waals surface area contributed by atoms with Crippen molar-refractivity contribution >= 4 is 66.8 Å². The molecular formula is C33H28N3O6S2+. The quantitative estimate of drug-likeness (QED) is 0.0452. The minimum atomic E-state index is -3.53. The number of nitrogens with one attached hydrogen (secondary N) is 2. The molecule has 44 heavy (non-hydrogen) atoms. The molecule has 0 bridgehead atoms. The largest absolute Gasteiger partial charge is 0.363 e. The number of sulfonamides is 1. The Bertz CT molecular complexity index is 2060. The molecule has 9 nitrogen and oxygen atoms in total. The second kappa shape index (κ2) is 12.6. The lowest BCUT2D eigenvalue weighted by Crippen LogP contribution is -2.22. The SMILES string of the molecule is CN(C)S(=O)(=O)c1ccc(Nc2ccc3c(-c4ccccc4SOOO)c4ccc(Nc5ccccc5)cc4[o+]c3c2)cc1. The molecule has 0 aliphatic heterocycles. The fourth-order valence-electron chi connectivity index (χ4n) is 4.91. The second-order valence-corrected chi connectivity index (χ2v) is 12.9. The van der Waals surface area contributed by atoms with E-state index in [9.17, 15) is 8.42 Å². The van der Waals surface area contributed by atoms with Crippen molar-refractivity contribution in [2.24, 2.45) is 0 Å². The maximum atomic E-state index is 12.5. The van der Waals surface area contributed by atoms with E-state index in [1.165, 1.54) is 18.4 Å². The summed E-state index contributed by atoms with van der Waals surface area (Å²) in [5.74, 6) is 0. The molecule has 0 spiro atoms. The van der Waals surface area contributed by atoms with Crippen molar-refractivity contribution in [1.29, 1.82) is 0 Å². The van der Waals surface area contributed by atoms with Crippen LogP contribution in [-0.2, 0) is 19.4 Å². The van der Waals surface area contributed by atoms with E-state index in [0.717, 1.165) is 61.6 Å². The fourth-order valence-corrected chi connectivity index (χ4v) is 6.31. The van der Waals surface area contributed by atoms with Crippen LogP contribution in [-0.4, -0.2) is 32.1 Å². The van der Waals surface area contributed by atoms with Crippen molar-refractivity contribution in [1.82, 2.24) is 4.31 Å². The lowest BCUT2D eigenvalue weighted by molar-refractivity contribution is -0.432. The van der Waals surface area contributed by atoms with Gasteiger partial charge in [-0.3, -0.25) is 0 Å². The molecule has 6 rings (SSSR count). The van der Waals surface area contributed by atoms with Gasteiger partial charge in [0.15, 0.2) is 0 Å². The van der Waals surface area contributed by atoms with Crippen LogP contribution >= 0.6 is 12.0 Å². The van der Waals surface area contributed by atoms with Crippen LogP contribution in [0.25, 0.3) is 33.1 Å². The average Bonchev–Trinajstić information content (AvgIpc) is 3.03. The lowest BCUT2D eigenvalue weighted by Gasteiger charge is -2.13. The smallest absolute Gasteiger partial charge is 0.355 e. The molecule has 3 N–H and O–H groups in total. The van der Waals surface area contributed by atoms with Crippen LogP contribution in [0.5, 0.6) is 0 Å². The van der Waals surface area contributed by atoms with Gasteiger partial charge >= 0.3 is 11.2 Å². The van der Waals surface area contributed by atoms with Crippen LogP contribution in [0.15, 0.2) is 129 Å². The van der Waals surface area contributed by atoms with Gasteiger partial charge in [-0.15, -0.1) is 4.33 Å². The molecule has 0 saturated heterocycles. The summed E-state index contributed by atoms with van der Waals surface area (Å²) in [5.41, 5.74) is 6.35. The molecular weight excluding hydrogens is 599 g/mol. The van der Waals surface area contributed by atoms with Crippen LogP contribution in [0.4, 0.5) is 22.7 Å². The Labute approximate surface area is 258 Å². The molecule has 0 aliphatic rings. The van der Waals surface area contributed by atoms with E-state index in [0.29, 0.717) is 11.2 Å². The Morgan fingerprint density at radius 1 is 0.705 bits per heavy atom. The van der Waals surface area contributed by atoms with E-state index in [4.69, 9.17) is 14.0 Å². The number of para-hydroxylation sites is 1. The monoisotopic (exact) mass is 626 g/mol. The first kappa shape index (κ1) is 29.6. The summed E-state index contributed by atoms with van der Waals surface area (Å²) in [4.78, 5) is 0.946. The van der Waals surface area contributed by atoms with Crippen molar-refractivity contribution in [3.8, 4) is 11.1 Å². The van der Waals surface area contributed by atoms with Crippen LogP contribution in [0.3, 0.4) is 0 Å². The number of anilines is 4. The number of hydrogen-bond acceptors (Lipinski definition) is 8. The van der Waals surface area contributed by atoms with Crippen LogP contribution < -0.4 is 10.6 Å². The summed E-state index contributed by atoms with van der Waals surface area (Å²) in [7, 11) is -0.521. The number of nitrogens with zero attached hydrogens (tertiary/aromatic N) is 1. The highest BCUT2D eigenvalue weighted by Crippen LogP contribution is 2.42. The van der Waals surface area contributed by atoms with E-state index in [1.807, 2.05) is 91.0 Å². The first-order valence-corrected chi connectivity index (χ1v) is 15.7. The fraction of sp³-hybridized carbons (Fsp3) is 0.0606. The van der Waals surface area contributed by atoms with Gasteiger partial charge in [-0.2, -0.15) is 0 Å². The zero-order valence-corrected chi connectivity index (χ0v) is 25.4. The molecule has 0 unspecified atom stereocenters. The molecule has 6 aromatic rings. The molecule has 0 saturated carbocycles. The molecule has 222 valence electrons. The lowest BCUT2D eigenvalue weighted by atomic mass is 9.96. The Kier molecular flexibility index (Phi) is 8.49. The van der Waals surface area contributed by atoms with Crippen molar-refractivity contribution in [2.45, 2.75) is 9.79 Å². The van der Waals surface area contributed by atoms with E-state index in [-0.39, 0.29) is 4.90 Å². The van der Waals surface area contributed by atoms with Crippen molar-refractivity contribution in [3.05, 3.63) is 115 Å². The average molecular weight is 627 g/mol. The Hall–Kier alpha value is -4.49. The Balaban J connectivity index is 1.45. The molecule has 1 aromatic heterocycles. The first-order valence-electron chi connectivity index (χ1n) is 13.5. The number of hydrogen-bond donors (Lipinski definition) is 3. The van der Waals surface area contributed by atoms with Gasteiger partial charge in [0.05, 0.1) is 39.8 Å². The van der Waals surface area contributed by atoms with Gasteiger partial charge in [0, 0.05) is 47.3 Å². The van der Waals surface area contributed by atoms with Gasteiger partial charge in [-0.05, 0) is 72.3 Å². The normalized spacial score (nSPS) is 11.7. The number of benzene rings is 5. The van der Waals surface area contributed by atoms with Gasteiger partial charge < -0.3 is 10.6 Å². The first-order chi connectivity index (χ1) is 21.3. The summed E-state index contributed by atoms with van der Waals surface area (Å²) < 4.78 is 37.4. The molecule has 0 amide bonds. The summed E-state index contributed by atoms with van der Waals surface area (Å²) in [6.45, 7) is 0. The minimum Gasteiger partial charge on any atom is -0.355 e. The predicted octanol–water partition coefficient (Wildman–Crippen LogP) is 8.70. The van der Waals surface area contributed by atoms with Crippen molar-refractivity contribution in [3.63, 3.8) is 0 Å². The zero-order chi connectivity index (χ0) is 30.7. The van der Waals surface area contributed by atoms with Gasteiger partial charge in [-0.1, -0.05) is 41.4 Å². The minimum absolute atomic E-state index is 0.213.